The molecule has 2 aromatic heterocycles. The van der Waals surface area contributed by atoms with Gasteiger partial charge in [0.1, 0.15) is 24.8 Å². The molecule has 40 heavy (non-hydrogen) atoms. The van der Waals surface area contributed by atoms with Gasteiger partial charge in [-0.15, -0.1) is 0 Å². The maximum atomic E-state index is 13.3. The van der Waals surface area contributed by atoms with Crippen LogP contribution in [0.4, 0.5) is 4.79 Å². The van der Waals surface area contributed by atoms with Crippen molar-refractivity contribution in [3.05, 3.63) is 56.9 Å². The molecule has 2 aliphatic rings. The lowest BCUT2D eigenvalue weighted by Crippen LogP contribution is -2.48. The van der Waals surface area contributed by atoms with E-state index >= 15 is 0 Å². The van der Waals surface area contributed by atoms with Gasteiger partial charge in [-0.25, -0.2) is 9.59 Å². The van der Waals surface area contributed by atoms with Crippen LogP contribution >= 0.6 is 11.6 Å². The topological polar surface area (TPSA) is 126 Å². The molecule has 0 N–H and O–H groups in total. The zero-order valence-electron chi connectivity index (χ0n) is 22.8. The molecule has 2 aliphatic heterocycles. The summed E-state index contributed by atoms with van der Waals surface area (Å²) in [5.41, 5.74) is 0.305. The molecule has 5 rings (SSSR count). The molecule has 12 nitrogen and oxygen atoms in total. The quantitative estimate of drug-likeness (QED) is 0.324. The van der Waals surface area contributed by atoms with Crippen molar-refractivity contribution in [2.24, 2.45) is 0 Å². The number of halogens is 1. The van der Waals surface area contributed by atoms with E-state index in [-0.39, 0.29) is 24.3 Å². The van der Waals surface area contributed by atoms with Crippen LogP contribution in [0.25, 0.3) is 11.0 Å². The van der Waals surface area contributed by atoms with Crippen molar-refractivity contribution >= 4 is 28.7 Å². The van der Waals surface area contributed by atoms with Crippen LogP contribution in [0, 0.1) is 5.21 Å². The summed E-state index contributed by atoms with van der Waals surface area (Å²) in [6, 6.07) is 6.55. The number of carbonyl (C=O) groups is 1. The van der Waals surface area contributed by atoms with Gasteiger partial charge in [0.2, 0.25) is 0 Å². The summed E-state index contributed by atoms with van der Waals surface area (Å²) in [5, 5.41) is 16.0. The predicted molar refractivity (Wildman–Crippen MR) is 146 cm³/mol. The second-order valence-electron chi connectivity index (χ2n) is 10.9. The third-order valence-corrected chi connectivity index (χ3v) is 7.36. The molecule has 0 bridgehead atoms. The Balaban J connectivity index is 1.17. The number of benzene rings is 1. The summed E-state index contributed by atoms with van der Waals surface area (Å²) in [6.07, 6.45) is 2.35. The van der Waals surface area contributed by atoms with E-state index in [0.29, 0.717) is 84.8 Å². The molecule has 1 fully saturated rings. The highest BCUT2D eigenvalue weighted by molar-refractivity contribution is 6.31. The maximum absolute atomic E-state index is 13.3. The summed E-state index contributed by atoms with van der Waals surface area (Å²) in [5.74, 6) is 1.23. The van der Waals surface area contributed by atoms with Crippen LogP contribution in [0.1, 0.15) is 39.3 Å². The first-order valence-electron chi connectivity index (χ1n) is 13.3. The van der Waals surface area contributed by atoms with Crippen molar-refractivity contribution in [2.45, 2.75) is 58.3 Å². The molecule has 1 amide bonds. The van der Waals surface area contributed by atoms with Crippen LogP contribution in [-0.4, -0.2) is 75.0 Å². The molecule has 214 valence electrons. The van der Waals surface area contributed by atoms with Gasteiger partial charge in [0.05, 0.1) is 23.5 Å². The number of nitrogens with zero attached hydrogens (tertiary/aromatic N) is 6. The number of aromatic nitrogens is 4. The fraction of sp³-hybridized carbons (Fsp3) is 0.519. The third-order valence-electron chi connectivity index (χ3n) is 7.12. The molecular formula is C27H33ClN6O6. The van der Waals surface area contributed by atoms with Gasteiger partial charge in [-0.1, -0.05) is 11.6 Å². The Labute approximate surface area is 236 Å². The Kier molecular flexibility index (Phi) is 7.99. The normalized spacial score (nSPS) is 16.2. The number of piperidine rings is 1. The van der Waals surface area contributed by atoms with Crippen molar-refractivity contribution in [3.63, 3.8) is 0 Å². The molecule has 13 heteroatoms. The van der Waals surface area contributed by atoms with Gasteiger partial charge in [-0.3, -0.25) is 14.5 Å². The molecular weight excluding hydrogens is 540 g/mol. The van der Waals surface area contributed by atoms with E-state index in [1.54, 1.807) is 35.4 Å². The molecule has 0 aliphatic carbocycles. The van der Waals surface area contributed by atoms with Gasteiger partial charge >= 0.3 is 11.8 Å². The first-order valence-corrected chi connectivity index (χ1v) is 13.7. The van der Waals surface area contributed by atoms with Gasteiger partial charge in [-0.2, -0.15) is 0 Å². The van der Waals surface area contributed by atoms with E-state index in [0.717, 1.165) is 0 Å². The molecule has 0 atom stereocenters. The van der Waals surface area contributed by atoms with Crippen molar-refractivity contribution in [3.8, 4) is 11.5 Å². The summed E-state index contributed by atoms with van der Waals surface area (Å²) < 4.78 is 18.6. The monoisotopic (exact) mass is 572 g/mol. The minimum atomic E-state index is -0.622. The highest BCUT2D eigenvalue weighted by atomic mass is 35.5. The molecule has 4 heterocycles. The number of carbonyl (C=O) groups excluding carboxylic acids is 1. The van der Waals surface area contributed by atoms with E-state index in [1.165, 1.54) is 4.57 Å². The Morgan fingerprint density at radius 1 is 1.18 bits per heavy atom. The highest BCUT2D eigenvalue weighted by Crippen LogP contribution is 2.30. The maximum Gasteiger partial charge on any atom is 0.410 e. The number of pyridine rings is 1. The van der Waals surface area contributed by atoms with Crippen molar-refractivity contribution in [1.82, 2.24) is 24.4 Å². The minimum Gasteiger partial charge on any atom is -0.594 e. The van der Waals surface area contributed by atoms with E-state index in [9.17, 15) is 14.8 Å². The SMILES string of the molecule is CC(C)(C)N(Cc1cc2c(cn1)OCCO2)C(=O)OC1CCN(CCn2c(=O)n[n+]([O-])c3ccc(Cl)cc32)CC1. The van der Waals surface area contributed by atoms with Crippen LogP contribution in [0.5, 0.6) is 11.5 Å². The van der Waals surface area contributed by atoms with Gasteiger partial charge < -0.3 is 24.3 Å². The second kappa shape index (κ2) is 11.5. The standard InChI is InChI=1S/C27H33ClN6O6/c1-27(2,3)33(17-19-15-23-24(16-29-19)39-13-12-38-23)26(36)40-20-6-8-31(9-7-20)10-11-32-22-14-18(28)4-5-21(22)34(37)30-25(32)35/h4-5,14-16,20H,6-13,17H2,1-3H3. The van der Waals surface area contributed by atoms with Crippen LogP contribution in [0.3, 0.4) is 0 Å². The predicted octanol–water partition coefficient (Wildman–Crippen LogP) is 2.75. The van der Waals surface area contributed by atoms with Gasteiger partial charge in [-0.05, 0) is 50.6 Å². The summed E-state index contributed by atoms with van der Waals surface area (Å²) in [6.45, 7) is 9.46. The number of ether oxygens (including phenoxy) is 3. The lowest BCUT2D eigenvalue weighted by molar-refractivity contribution is -0.645. The van der Waals surface area contributed by atoms with E-state index in [4.69, 9.17) is 25.8 Å². The van der Waals surface area contributed by atoms with Crippen LogP contribution in [0.15, 0.2) is 35.3 Å². The molecule has 1 saturated heterocycles. The van der Waals surface area contributed by atoms with Gasteiger partial charge in [0, 0.05) is 48.9 Å². The number of likely N-dealkylation sites (tertiary alicyclic amines) is 1. The van der Waals surface area contributed by atoms with Crippen LogP contribution in [-0.2, 0) is 17.8 Å². The first kappa shape index (κ1) is 27.9. The van der Waals surface area contributed by atoms with Crippen LogP contribution in [0.2, 0.25) is 5.02 Å². The number of hydrogen-bond donors (Lipinski definition) is 0. The molecule has 1 aromatic carbocycles. The Morgan fingerprint density at radius 2 is 1.90 bits per heavy atom. The third kappa shape index (κ3) is 6.23. The number of fused-ring (bicyclic) bond motifs is 2. The Bertz CT molecular complexity index is 1450. The lowest BCUT2D eigenvalue weighted by Gasteiger charge is -2.37. The molecule has 0 spiro atoms. The zero-order valence-corrected chi connectivity index (χ0v) is 23.6. The average molecular weight is 573 g/mol. The van der Waals surface area contributed by atoms with Crippen molar-refractivity contribution in [2.75, 3.05) is 32.8 Å². The van der Waals surface area contributed by atoms with E-state index < -0.39 is 11.2 Å². The fourth-order valence-corrected chi connectivity index (χ4v) is 5.06. The number of rotatable bonds is 6. The van der Waals surface area contributed by atoms with E-state index in [1.807, 2.05) is 20.8 Å². The number of hydrogen-bond acceptors (Lipinski definition) is 9. The van der Waals surface area contributed by atoms with E-state index in [2.05, 4.69) is 15.0 Å². The van der Waals surface area contributed by atoms with Crippen LogP contribution < -0.4 is 20.0 Å². The fourth-order valence-electron chi connectivity index (χ4n) is 4.89. The van der Waals surface area contributed by atoms with Crippen molar-refractivity contribution in [1.29, 1.82) is 0 Å². The Hall–Kier alpha value is -3.64. The molecule has 0 saturated carbocycles. The minimum absolute atomic E-state index is 0.220. The lowest BCUT2D eigenvalue weighted by atomic mass is 10.1. The smallest absolute Gasteiger partial charge is 0.410 e. The summed E-state index contributed by atoms with van der Waals surface area (Å²) in [7, 11) is 0. The molecule has 0 radical (unpaired) electrons. The molecule has 0 unspecified atom stereocenters. The highest BCUT2D eigenvalue weighted by Gasteiger charge is 2.32. The first-order chi connectivity index (χ1) is 19.1. The average Bonchev–Trinajstić information content (AvgIpc) is 2.91. The summed E-state index contributed by atoms with van der Waals surface area (Å²) >= 11 is 6.11. The van der Waals surface area contributed by atoms with Crippen molar-refractivity contribution < 1.29 is 23.9 Å². The Morgan fingerprint density at radius 3 is 2.62 bits per heavy atom. The summed E-state index contributed by atoms with van der Waals surface area (Å²) in [4.78, 5) is 34.4. The molecule has 3 aromatic rings. The van der Waals surface area contributed by atoms with Gasteiger partial charge in [0.25, 0.3) is 5.52 Å². The van der Waals surface area contributed by atoms with Gasteiger partial charge in [0.15, 0.2) is 11.5 Å². The largest absolute Gasteiger partial charge is 0.594 e. The second-order valence-corrected chi connectivity index (χ2v) is 11.4. The zero-order chi connectivity index (χ0) is 28.4. The number of amides is 1.